The van der Waals surface area contributed by atoms with Crippen LogP contribution >= 0.6 is 0 Å². The number of aromatic amines is 1. The molecule has 4 rings (SSSR count). The summed E-state index contributed by atoms with van der Waals surface area (Å²) in [5, 5.41) is 4.89. The minimum atomic E-state index is -0.346. The quantitative estimate of drug-likeness (QED) is 0.547. The molecule has 0 bridgehead atoms. The number of hydrogen-bond donors (Lipinski definition) is 1. The van der Waals surface area contributed by atoms with Gasteiger partial charge in [0.2, 0.25) is 0 Å². The van der Waals surface area contributed by atoms with Crippen molar-refractivity contribution in [3.8, 4) is 11.3 Å². The molecule has 2 heterocycles. The fourth-order valence-electron chi connectivity index (χ4n) is 2.77. The summed E-state index contributed by atoms with van der Waals surface area (Å²) in [5.41, 5.74) is 3.07. The van der Waals surface area contributed by atoms with Crippen molar-refractivity contribution in [2.24, 2.45) is 0 Å². The number of esters is 1. The third-order valence-electron chi connectivity index (χ3n) is 4.08. The normalized spacial score (nSPS) is 11.0. The minimum Gasteiger partial charge on any atom is -0.459 e. The van der Waals surface area contributed by atoms with E-state index in [0.29, 0.717) is 17.0 Å². The number of H-pyrrole nitrogens is 1. The molecule has 0 spiro atoms. The van der Waals surface area contributed by atoms with Crippen LogP contribution in [0.2, 0.25) is 0 Å². The molecule has 4 aromatic rings. The van der Waals surface area contributed by atoms with E-state index in [2.05, 4.69) is 10.1 Å². The highest BCUT2D eigenvalue weighted by Crippen LogP contribution is 2.21. The van der Waals surface area contributed by atoms with Crippen LogP contribution in [0.3, 0.4) is 0 Å². The maximum absolute atomic E-state index is 13.0. The number of halogens is 1. The van der Waals surface area contributed by atoms with Crippen LogP contribution in [-0.2, 0) is 22.6 Å². The Morgan fingerprint density at radius 3 is 2.81 bits per heavy atom. The van der Waals surface area contributed by atoms with Crippen LogP contribution in [0.15, 0.2) is 65.3 Å². The van der Waals surface area contributed by atoms with Crippen molar-refractivity contribution in [3.05, 3.63) is 77.9 Å². The fraction of sp³-hybridized carbons (Fsp3) is 0.100. The summed E-state index contributed by atoms with van der Waals surface area (Å²) in [5.74, 6) is -0.173. The van der Waals surface area contributed by atoms with Crippen molar-refractivity contribution in [2.75, 3.05) is 0 Å². The van der Waals surface area contributed by atoms with E-state index in [0.717, 1.165) is 16.5 Å². The molecular formula is C20H15FN2O3. The molecule has 1 N–H and O–H groups in total. The molecule has 26 heavy (non-hydrogen) atoms. The zero-order chi connectivity index (χ0) is 17.9. The number of fused-ring (bicyclic) bond motifs is 1. The molecule has 6 heteroatoms. The first-order valence-corrected chi connectivity index (χ1v) is 8.11. The van der Waals surface area contributed by atoms with E-state index in [9.17, 15) is 9.18 Å². The number of nitrogens with one attached hydrogen (secondary N) is 1. The molecule has 0 unspecified atom stereocenters. The highest BCUT2D eigenvalue weighted by atomic mass is 19.1. The van der Waals surface area contributed by atoms with E-state index in [4.69, 9.17) is 9.26 Å². The molecule has 0 aliphatic carbocycles. The van der Waals surface area contributed by atoms with Gasteiger partial charge in [-0.05, 0) is 35.9 Å². The van der Waals surface area contributed by atoms with Gasteiger partial charge in [-0.3, -0.25) is 4.79 Å². The summed E-state index contributed by atoms with van der Waals surface area (Å²) >= 11 is 0. The second-order valence-electron chi connectivity index (χ2n) is 5.89. The summed E-state index contributed by atoms with van der Waals surface area (Å²) in [6.07, 6.45) is 1.99. The Labute approximate surface area is 148 Å². The maximum atomic E-state index is 13.0. The van der Waals surface area contributed by atoms with E-state index in [1.165, 1.54) is 12.1 Å². The number of aromatic nitrogens is 2. The van der Waals surface area contributed by atoms with Crippen molar-refractivity contribution in [1.29, 1.82) is 0 Å². The van der Waals surface area contributed by atoms with E-state index in [1.54, 1.807) is 18.2 Å². The van der Waals surface area contributed by atoms with E-state index < -0.39 is 0 Å². The lowest BCUT2D eigenvalue weighted by molar-refractivity contribution is -0.144. The Morgan fingerprint density at radius 1 is 1.15 bits per heavy atom. The molecule has 130 valence electrons. The van der Waals surface area contributed by atoms with Gasteiger partial charge < -0.3 is 14.2 Å². The lowest BCUT2D eigenvalue weighted by Crippen LogP contribution is -2.07. The van der Waals surface area contributed by atoms with Gasteiger partial charge >= 0.3 is 5.97 Å². The Hall–Kier alpha value is -3.41. The Kier molecular flexibility index (Phi) is 4.23. The monoisotopic (exact) mass is 350 g/mol. The van der Waals surface area contributed by atoms with Gasteiger partial charge in [-0.15, -0.1) is 0 Å². The Morgan fingerprint density at radius 2 is 1.96 bits per heavy atom. The van der Waals surface area contributed by atoms with Crippen molar-refractivity contribution >= 4 is 16.9 Å². The maximum Gasteiger partial charge on any atom is 0.310 e. The number of ether oxygens (including phenoxy) is 1. The number of carbonyl (C=O) groups excluding carboxylic acids is 1. The van der Waals surface area contributed by atoms with Crippen LogP contribution < -0.4 is 0 Å². The Balaban J connectivity index is 1.38. The molecule has 5 nitrogen and oxygen atoms in total. The van der Waals surface area contributed by atoms with Gasteiger partial charge in [0.1, 0.15) is 18.1 Å². The number of nitrogens with zero attached hydrogens (tertiary/aromatic N) is 1. The van der Waals surface area contributed by atoms with Gasteiger partial charge in [-0.2, -0.15) is 0 Å². The molecular weight excluding hydrogens is 335 g/mol. The van der Waals surface area contributed by atoms with Crippen LogP contribution in [0.5, 0.6) is 0 Å². The van der Waals surface area contributed by atoms with Crippen LogP contribution in [0.4, 0.5) is 4.39 Å². The zero-order valence-electron chi connectivity index (χ0n) is 13.7. The predicted octanol–water partition coefficient (Wildman–Crippen LogP) is 4.25. The second kappa shape index (κ2) is 6.84. The fourth-order valence-corrected chi connectivity index (χ4v) is 2.77. The smallest absolute Gasteiger partial charge is 0.310 e. The van der Waals surface area contributed by atoms with Crippen molar-refractivity contribution < 1.29 is 18.4 Å². The van der Waals surface area contributed by atoms with Crippen molar-refractivity contribution in [2.45, 2.75) is 13.0 Å². The van der Waals surface area contributed by atoms with Gasteiger partial charge in [0.15, 0.2) is 5.76 Å². The standard InChI is InChI=1S/C20H15FN2O3/c21-15-7-5-13(6-8-15)19-10-16(23-26-19)12-25-20(24)9-14-11-22-18-4-2-1-3-17(14)18/h1-8,10-11,22H,9,12H2. The molecule has 0 atom stereocenters. The summed E-state index contributed by atoms with van der Waals surface area (Å²) in [7, 11) is 0. The Bertz CT molecular complexity index is 1050. The molecule has 0 saturated heterocycles. The third kappa shape index (κ3) is 3.35. The first-order chi connectivity index (χ1) is 12.7. The first kappa shape index (κ1) is 16.1. The van der Waals surface area contributed by atoms with Crippen LogP contribution in [0.1, 0.15) is 11.3 Å². The van der Waals surface area contributed by atoms with E-state index >= 15 is 0 Å². The number of rotatable bonds is 5. The minimum absolute atomic E-state index is 0.0197. The van der Waals surface area contributed by atoms with Crippen LogP contribution in [0, 0.1) is 5.82 Å². The number of carbonyl (C=O) groups is 1. The molecule has 0 aliphatic rings. The molecule has 0 radical (unpaired) electrons. The number of hydrogen-bond acceptors (Lipinski definition) is 4. The SMILES string of the molecule is O=C(Cc1c[nH]c2ccccc12)OCc1cc(-c2ccc(F)cc2)on1. The lowest BCUT2D eigenvalue weighted by atomic mass is 10.1. The summed E-state index contributed by atoms with van der Waals surface area (Å²) in [4.78, 5) is 15.2. The molecule has 2 aromatic heterocycles. The predicted molar refractivity (Wildman–Crippen MR) is 93.7 cm³/mol. The largest absolute Gasteiger partial charge is 0.459 e. The van der Waals surface area contributed by atoms with E-state index in [1.807, 2.05) is 30.5 Å². The van der Waals surface area contributed by atoms with Gasteiger partial charge in [0.25, 0.3) is 0 Å². The zero-order valence-corrected chi connectivity index (χ0v) is 13.7. The summed E-state index contributed by atoms with van der Waals surface area (Å²) in [6.45, 7) is 0.0197. The van der Waals surface area contributed by atoms with Crippen LogP contribution in [-0.4, -0.2) is 16.1 Å². The van der Waals surface area contributed by atoms with Crippen LogP contribution in [0.25, 0.3) is 22.2 Å². The van der Waals surface area contributed by atoms with Crippen molar-refractivity contribution in [3.63, 3.8) is 0 Å². The van der Waals surface area contributed by atoms with Gasteiger partial charge in [-0.1, -0.05) is 23.4 Å². The second-order valence-corrected chi connectivity index (χ2v) is 5.89. The van der Waals surface area contributed by atoms with E-state index in [-0.39, 0.29) is 24.8 Å². The van der Waals surface area contributed by atoms with Gasteiger partial charge in [0.05, 0.1) is 6.42 Å². The number of para-hydroxylation sites is 1. The number of benzene rings is 2. The molecule has 0 fully saturated rings. The lowest BCUT2D eigenvalue weighted by Gasteiger charge is -2.01. The van der Waals surface area contributed by atoms with Gasteiger partial charge in [0, 0.05) is 28.7 Å². The highest BCUT2D eigenvalue weighted by molar-refractivity contribution is 5.87. The molecule has 0 amide bonds. The molecule has 0 aliphatic heterocycles. The average Bonchev–Trinajstić information content (AvgIpc) is 3.28. The summed E-state index contributed by atoms with van der Waals surface area (Å²) in [6, 6.07) is 15.3. The molecule has 0 saturated carbocycles. The van der Waals surface area contributed by atoms with Gasteiger partial charge in [-0.25, -0.2) is 4.39 Å². The highest BCUT2D eigenvalue weighted by Gasteiger charge is 2.12. The third-order valence-corrected chi connectivity index (χ3v) is 4.08. The first-order valence-electron chi connectivity index (χ1n) is 8.11. The topological polar surface area (TPSA) is 68.1 Å². The summed E-state index contributed by atoms with van der Waals surface area (Å²) < 4.78 is 23.5. The van der Waals surface area contributed by atoms with Crippen molar-refractivity contribution in [1.82, 2.24) is 10.1 Å². The average molecular weight is 350 g/mol. The molecule has 2 aromatic carbocycles.